The summed E-state index contributed by atoms with van der Waals surface area (Å²) in [4.78, 5) is 0. The fraction of sp³-hybridized carbons (Fsp3) is 0.188. The molecule has 1 aromatic carbocycles. The van der Waals surface area contributed by atoms with E-state index in [1.54, 1.807) is 7.11 Å². The molecule has 0 amide bonds. The van der Waals surface area contributed by atoms with Crippen LogP contribution in [0.5, 0.6) is 5.75 Å². The Labute approximate surface area is 132 Å². The van der Waals surface area contributed by atoms with Crippen molar-refractivity contribution in [3.05, 3.63) is 58.5 Å². The maximum absolute atomic E-state index is 5.19. The summed E-state index contributed by atoms with van der Waals surface area (Å²) in [6.45, 7) is 4.15. The quantitative estimate of drug-likeness (QED) is 0.717. The minimum atomic E-state index is 0.833. The highest BCUT2D eigenvalue weighted by molar-refractivity contribution is 9.10. The first kappa shape index (κ1) is 13.9. The van der Waals surface area contributed by atoms with E-state index in [0.29, 0.717) is 0 Å². The molecule has 21 heavy (non-hydrogen) atoms. The van der Waals surface area contributed by atoms with Gasteiger partial charge in [0.05, 0.1) is 12.8 Å². The number of benzene rings is 1. The average molecular weight is 346 g/mol. The topological polar surface area (TPSA) is 32.0 Å². The number of nitrogens with zero attached hydrogens (tertiary/aromatic N) is 3. The Balaban J connectivity index is 2.05. The van der Waals surface area contributed by atoms with Crippen molar-refractivity contribution in [3.63, 3.8) is 0 Å². The summed E-state index contributed by atoms with van der Waals surface area (Å²) in [6.07, 6.45) is 0. The molecule has 3 aromatic rings. The Kier molecular flexibility index (Phi) is 3.59. The first-order chi connectivity index (χ1) is 10.1. The summed E-state index contributed by atoms with van der Waals surface area (Å²) in [5.41, 5.74) is 3.31. The molecule has 0 radical (unpaired) electrons. The van der Waals surface area contributed by atoms with Crippen molar-refractivity contribution in [1.82, 2.24) is 14.3 Å². The van der Waals surface area contributed by atoms with Crippen LogP contribution in [-0.2, 0) is 0 Å². The number of rotatable bonds is 3. The molecular formula is C16H16BrN3O. The molecule has 0 unspecified atom stereocenters. The Bertz CT molecular complexity index is 752. The third-order valence-corrected chi connectivity index (χ3v) is 4.04. The molecule has 0 bridgehead atoms. The van der Waals surface area contributed by atoms with Crippen LogP contribution in [0.2, 0.25) is 0 Å². The second-order valence-corrected chi connectivity index (χ2v) is 5.70. The number of hydrogen-bond donors (Lipinski definition) is 0. The van der Waals surface area contributed by atoms with E-state index in [1.807, 2.05) is 35.0 Å². The Morgan fingerprint density at radius 1 is 1.00 bits per heavy atom. The van der Waals surface area contributed by atoms with Crippen LogP contribution in [0.4, 0.5) is 0 Å². The van der Waals surface area contributed by atoms with Gasteiger partial charge in [-0.25, -0.2) is 4.68 Å². The van der Waals surface area contributed by atoms with E-state index in [1.165, 1.54) is 11.4 Å². The minimum absolute atomic E-state index is 0.833. The molecule has 0 saturated carbocycles. The van der Waals surface area contributed by atoms with Crippen LogP contribution in [0, 0.1) is 13.8 Å². The highest BCUT2D eigenvalue weighted by Gasteiger charge is 2.12. The van der Waals surface area contributed by atoms with E-state index in [2.05, 4.69) is 46.5 Å². The lowest BCUT2D eigenvalue weighted by Gasteiger charge is -2.06. The second kappa shape index (κ2) is 5.41. The lowest BCUT2D eigenvalue weighted by molar-refractivity contribution is 0.414. The highest BCUT2D eigenvalue weighted by atomic mass is 79.9. The van der Waals surface area contributed by atoms with Crippen molar-refractivity contribution in [3.8, 4) is 17.3 Å². The largest absolute Gasteiger partial charge is 0.497 e. The first-order valence-corrected chi connectivity index (χ1v) is 7.45. The fourth-order valence-corrected chi connectivity index (χ4v) is 2.88. The van der Waals surface area contributed by atoms with Gasteiger partial charge in [-0.05, 0) is 66.2 Å². The zero-order chi connectivity index (χ0) is 15.0. The maximum Gasteiger partial charge on any atom is 0.160 e. The smallest absolute Gasteiger partial charge is 0.160 e. The normalized spacial score (nSPS) is 10.9. The van der Waals surface area contributed by atoms with Gasteiger partial charge in [-0.3, -0.25) is 0 Å². The van der Waals surface area contributed by atoms with Gasteiger partial charge in [-0.2, -0.15) is 0 Å². The minimum Gasteiger partial charge on any atom is -0.497 e. The molecule has 2 aromatic heterocycles. The van der Waals surface area contributed by atoms with Crippen molar-refractivity contribution < 1.29 is 4.74 Å². The van der Waals surface area contributed by atoms with Gasteiger partial charge in [0.25, 0.3) is 0 Å². The van der Waals surface area contributed by atoms with Crippen molar-refractivity contribution in [2.45, 2.75) is 13.8 Å². The molecule has 0 saturated heterocycles. The van der Waals surface area contributed by atoms with E-state index in [9.17, 15) is 0 Å². The van der Waals surface area contributed by atoms with Gasteiger partial charge in [0, 0.05) is 17.5 Å². The summed E-state index contributed by atoms with van der Waals surface area (Å²) >= 11 is 3.58. The summed E-state index contributed by atoms with van der Waals surface area (Å²) in [7, 11) is 1.66. The summed E-state index contributed by atoms with van der Waals surface area (Å²) in [5.74, 6) is 1.73. The number of ether oxygens (including phenoxy) is 1. The van der Waals surface area contributed by atoms with Crippen LogP contribution in [0.25, 0.3) is 11.5 Å². The summed E-state index contributed by atoms with van der Waals surface area (Å²) in [5, 5.41) is 4.69. The molecule has 0 spiro atoms. The summed E-state index contributed by atoms with van der Waals surface area (Å²) < 4.78 is 10.1. The monoisotopic (exact) mass is 345 g/mol. The van der Waals surface area contributed by atoms with Gasteiger partial charge in [0.1, 0.15) is 10.4 Å². The third-order valence-electron chi connectivity index (χ3n) is 3.47. The van der Waals surface area contributed by atoms with Gasteiger partial charge in [-0.1, -0.05) is 0 Å². The number of aromatic nitrogens is 3. The molecule has 0 aliphatic rings. The van der Waals surface area contributed by atoms with Gasteiger partial charge >= 0.3 is 0 Å². The number of halogens is 1. The van der Waals surface area contributed by atoms with Crippen LogP contribution in [0.15, 0.2) is 47.1 Å². The van der Waals surface area contributed by atoms with Gasteiger partial charge in [0.15, 0.2) is 5.82 Å². The van der Waals surface area contributed by atoms with Crippen LogP contribution in [-0.4, -0.2) is 21.5 Å². The molecule has 5 heteroatoms. The predicted octanol–water partition coefficient (Wildman–Crippen LogP) is 4.05. The van der Waals surface area contributed by atoms with Crippen LogP contribution >= 0.6 is 15.9 Å². The Morgan fingerprint density at radius 3 is 2.19 bits per heavy atom. The fourth-order valence-electron chi connectivity index (χ4n) is 2.39. The van der Waals surface area contributed by atoms with Gasteiger partial charge in [-0.15, -0.1) is 5.10 Å². The second-order valence-electron chi connectivity index (χ2n) is 4.89. The van der Waals surface area contributed by atoms with Crippen molar-refractivity contribution in [2.24, 2.45) is 0 Å². The van der Waals surface area contributed by atoms with E-state index in [0.717, 1.165) is 21.9 Å². The Morgan fingerprint density at radius 2 is 1.62 bits per heavy atom. The third kappa shape index (κ3) is 2.49. The molecule has 2 heterocycles. The Hall–Kier alpha value is -2.01. The van der Waals surface area contributed by atoms with E-state index >= 15 is 0 Å². The van der Waals surface area contributed by atoms with Gasteiger partial charge in [0.2, 0.25) is 0 Å². The average Bonchev–Trinajstić information content (AvgIpc) is 3.02. The molecule has 0 aliphatic carbocycles. The molecular weight excluding hydrogens is 330 g/mol. The zero-order valence-electron chi connectivity index (χ0n) is 12.2. The number of methoxy groups -OCH3 is 1. The number of hydrogen-bond acceptors (Lipinski definition) is 2. The maximum atomic E-state index is 5.19. The van der Waals surface area contributed by atoms with E-state index in [-0.39, 0.29) is 0 Å². The molecule has 108 valence electrons. The molecule has 0 atom stereocenters. The molecule has 0 aliphatic heterocycles. The predicted molar refractivity (Wildman–Crippen MR) is 86.6 cm³/mol. The molecule has 3 rings (SSSR count). The SMILES string of the molecule is COc1ccc(-n2nc(-n3c(C)ccc3C)cc2Br)cc1. The lowest BCUT2D eigenvalue weighted by Crippen LogP contribution is -2.02. The zero-order valence-corrected chi connectivity index (χ0v) is 13.8. The van der Waals surface area contributed by atoms with Crippen molar-refractivity contribution >= 4 is 15.9 Å². The molecule has 0 fully saturated rings. The lowest BCUT2D eigenvalue weighted by atomic mass is 10.3. The molecule has 4 nitrogen and oxygen atoms in total. The van der Waals surface area contributed by atoms with E-state index in [4.69, 9.17) is 9.84 Å². The first-order valence-electron chi connectivity index (χ1n) is 6.65. The van der Waals surface area contributed by atoms with Crippen LogP contribution < -0.4 is 4.74 Å². The standard InChI is InChI=1S/C16H16BrN3O/c1-11-4-5-12(2)19(11)16-10-15(17)20(18-16)13-6-8-14(21-3)9-7-13/h4-10H,1-3H3. The van der Waals surface area contributed by atoms with Crippen molar-refractivity contribution in [1.29, 1.82) is 0 Å². The highest BCUT2D eigenvalue weighted by Crippen LogP contribution is 2.23. The van der Waals surface area contributed by atoms with Crippen LogP contribution in [0.1, 0.15) is 11.4 Å². The summed E-state index contributed by atoms with van der Waals surface area (Å²) in [6, 6.07) is 14.0. The van der Waals surface area contributed by atoms with Gasteiger partial charge < -0.3 is 9.30 Å². The van der Waals surface area contributed by atoms with E-state index < -0.39 is 0 Å². The van der Waals surface area contributed by atoms with Crippen LogP contribution in [0.3, 0.4) is 0 Å². The van der Waals surface area contributed by atoms with Crippen molar-refractivity contribution in [2.75, 3.05) is 7.11 Å². The molecule has 0 N–H and O–H groups in total. The number of aryl methyl sites for hydroxylation is 2.